The summed E-state index contributed by atoms with van der Waals surface area (Å²) in [6.07, 6.45) is -21.2. The number of nitrogens with one attached hydrogen (secondary N) is 3. The predicted molar refractivity (Wildman–Crippen MR) is 427 cm³/mol. The summed E-state index contributed by atoms with van der Waals surface area (Å²) in [6, 6.07) is 77.5. The molecular weight excluding hydrogens is 1510 g/mol. The van der Waals surface area contributed by atoms with E-state index in [1.807, 2.05) is 261 Å². The number of ether oxygens (including phenoxy) is 16. The molecule has 9 aromatic rings. The minimum Gasteiger partial charge on any atom is -0.480 e. The van der Waals surface area contributed by atoms with Gasteiger partial charge in [-0.05, 0) is 62.6 Å². The second-order valence-corrected chi connectivity index (χ2v) is 30.1. The molecule has 0 aromatic heterocycles. The normalized spacial score (nSPS) is 26.2. The van der Waals surface area contributed by atoms with E-state index in [0.717, 1.165) is 50.1 Å². The van der Waals surface area contributed by atoms with Gasteiger partial charge in [-0.1, -0.05) is 261 Å². The summed E-state index contributed by atoms with van der Waals surface area (Å²) in [4.78, 5) is 72.1. The van der Waals surface area contributed by atoms with Crippen molar-refractivity contribution in [2.24, 2.45) is 0 Å². The number of hydrogen-bond acceptors (Lipinski definition) is 21. The van der Waals surface area contributed by atoms with Gasteiger partial charge in [0.2, 0.25) is 11.8 Å². The first kappa shape index (κ1) is 82.7. The van der Waals surface area contributed by atoms with Gasteiger partial charge in [-0.3, -0.25) is 9.59 Å². The summed E-state index contributed by atoms with van der Waals surface area (Å²) in [7, 11) is 0. The van der Waals surface area contributed by atoms with Gasteiger partial charge in [0, 0.05) is 31.7 Å². The number of esters is 1. The van der Waals surface area contributed by atoms with Gasteiger partial charge in [-0.15, -0.1) is 0 Å². The third-order valence-corrected chi connectivity index (χ3v) is 21.8. The van der Waals surface area contributed by atoms with Crippen LogP contribution in [0.2, 0.25) is 0 Å². The highest BCUT2D eigenvalue weighted by atomic mass is 16.8. The molecule has 25 nitrogen and oxygen atoms in total. The molecule has 4 N–H and O–H groups in total. The Bertz CT molecular complexity index is 4700. The van der Waals surface area contributed by atoms with Gasteiger partial charge in [0.05, 0.1) is 77.7 Å². The molecule has 15 rings (SSSR count). The van der Waals surface area contributed by atoms with Crippen molar-refractivity contribution in [3.05, 3.63) is 311 Å². The molecule has 25 heteroatoms. The van der Waals surface area contributed by atoms with Crippen LogP contribution in [0.25, 0.3) is 11.1 Å². The molecule has 616 valence electrons. The maximum Gasteiger partial charge on any atom is 0.407 e. The Morgan fingerprint density at radius 3 is 1.59 bits per heavy atom. The van der Waals surface area contributed by atoms with Crippen molar-refractivity contribution in [2.75, 3.05) is 26.4 Å². The third-order valence-electron chi connectivity index (χ3n) is 21.8. The Kier molecular flexibility index (Phi) is 27.6. The summed E-state index contributed by atoms with van der Waals surface area (Å²) in [5.74, 6) is -6.33. The molecule has 5 fully saturated rings. The van der Waals surface area contributed by atoms with Crippen molar-refractivity contribution < 1.29 is 105 Å². The Balaban J connectivity index is 0.811. The summed E-state index contributed by atoms with van der Waals surface area (Å²) < 4.78 is 112. The quantitative estimate of drug-likeness (QED) is 0.0273. The molecule has 0 bridgehead atoms. The highest BCUT2D eigenvalue weighted by Gasteiger charge is 2.66. The maximum atomic E-state index is 16.3. The number of carbonyl (C=O) groups excluding carboxylic acids is 4. The van der Waals surface area contributed by atoms with Crippen molar-refractivity contribution in [1.29, 1.82) is 0 Å². The SMILES string of the molecule is CC(=O)N[C@H]1[C@@H](O[C@H](C)[C@H](NC(=O)OCC2c3ccccc3-c3ccccc32)C(=O)O)O[C@@H]2CO[C@H](c3ccccc3)O[C@@H]2[C@@H]1O[C@@H]1O[C@H](COCc2ccccc2)[C@@H]2OC(=O)C3(C[C@H](OCc4ccccc4)[C@@H](NC(C)=O)[C@H]([C@H](OCc4ccccc4)[C@@H](COCc4ccccc4)OCc4ccccc4)O3)O[C@@H]2[C@H]1OCc1ccccc1. The summed E-state index contributed by atoms with van der Waals surface area (Å²) in [5.41, 5.74) is 9.32. The van der Waals surface area contributed by atoms with Crippen molar-refractivity contribution in [3.8, 4) is 11.1 Å². The first-order valence-corrected chi connectivity index (χ1v) is 39.9. The smallest absolute Gasteiger partial charge is 0.407 e. The van der Waals surface area contributed by atoms with Crippen LogP contribution in [0.1, 0.15) is 89.5 Å². The molecule has 9 aromatic carbocycles. The molecule has 19 atom stereocenters. The molecule has 1 spiro atoms. The molecule has 3 amide bonds. The molecule has 5 saturated heterocycles. The number of carboxylic acid groups (broad SMARTS) is 1. The molecule has 5 heterocycles. The minimum absolute atomic E-state index is 0.0148. The van der Waals surface area contributed by atoms with E-state index in [1.165, 1.54) is 20.8 Å². The van der Waals surface area contributed by atoms with Crippen molar-refractivity contribution in [2.45, 2.75) is 189 Å². The van der Waals surface area contributed by atoms with Crippen LogP contribution in [-0.4, -0.2) is 171 Å². The van der Waals surface area contributed by atoms with E-state index in [4.69, 9.17) is 75.8 Å². The molecule has 118 heavy (non-hydrogen) atoms. The second-order valence-electron chi connectivity index (χ2n) is 30.1. The zero-order valence-corrected chi connectivity index (χ0v) is 65.6. The van der Waals surface area contributed by atoms with Gasteiger partial charge in [0.1, 0.15) is 67.6 Å². The molecule has 6 aliphatic rings. The van der Waals surface area contributed by atoms with Gasteiger partial charge in [-0.25, -0.2) is 14.4 Å². The number of benzene rings is 9. The highest BCUT2D eigenvalue weighted by molar-refractivity contribution is 5.82. The van der Waals surface area contributed by atoms with E-state index < -0.39 is 152 Å². The first-order chi connectivity index (χ1) is 57.7. The average Bonchev–Trinajstić information content (AvgIpc) is 0.859. The largest absolute Gasteiger partial charge is 0.480 e. The van der Waals surface area contributed by atoms with Crippen LogP contribution in [0.5, 0.6) is 0 Å². The number of aliphatic carboxylic acids is 1. The maximum absolute atomic E-state index is 16.3. The summed E-state index contributed by atoms with van der Waals surface area (Å²) in [5, 5.41) is 19.7. The van der Waals surface area contributed by atoms with Crippen LogP contribution in [-0.2, 0) is 135 Å². The molecule has 1 unspecified atom stereocenters. The van der Waals surface area contributed by atoms with Crippen LogP contribution in [0.4, 0.5) is 4.79 Å². The van der Waals surface area contributed by atoms with Gasteiger partial charge in [0.25, 0.3) is 5.79 Å². The lowest BCUT2D eigenvalue weighted by molar-refractivity contribution is -0.415. The molecule has 0 radical (unpaired) electrons. The number of carboxylic acids is 1. The molecule has 1 aliphatic carbocycles. The lowest BCUT2D eigenvalue weighted by Crippen LogP contribution is -2.75. The van der Waals surface area contributed by atoms with Crippen LogP contribution in [0.15, 0.2) is 261 Å². The van der Waals surface area contributed by atoms with E-state index >= 15 is 4.79 Å². The Labute approximate surface area is 684 Å². The standard InChI is InChI=1S/C93H97N3O22/c1-58(77(87(99)100)96-92(102)110-54-72-70-45-27-25-43-68(70)69-44-26-28-46-71(69)72)111-89-79(95-60(3)98)83(81-76(112-89)57-109-88(114-81)67-41-23-10-24-42-67)115-90-86(108-53-66-39-21-9-22-40-66)85-82(75(113-90)56-104-49-62-31-13-5-14-32-62)116-91(101)93(118-85)47-73(105-50-63-33-15-6-16-34-63)78(94-59(2)97)84(117-93)80(107-52-65-37-19-8-20-38-65)74(106-51-64-35-17-7-18-36-64)55-103-48-61-29-11-4-12-30-61/h4-46,58,72-86,88-90H,47-57H2,1-3H3,(H,94,97)(H,95,98)(H,96,102)(H,99,100)/t58-,73+,74-,75-,76-,77+,78-,79-,80-,81+,82+,83-,84-,85+,86-,88+,89+,90+,93?/m1/s1. The summed E-state index contributed by atoms with van der Waals surface area (Å²) in [6.45, 7) is 3.64. The predicted octanol–water partition coefficient (Wildman–Crippen LogP) is 11.9. The number of alkyl carbamates (subject to hydrolysis) is 1. The number of amides is 3. The molecule has 5 aliphatic heterocycles. The van der Waals surface area contributed by atoms with Crippen LogP contribution >= 0.6 is 0 Å². The van der Waals surface area contributed by atoms with Crippen LogP contribution in [0, 0.1) is 0 Å². The van der Waals surface area contributed by atoms with Crippen LogP contribution < -0.4 is 16.0 Å². The Hall–Kier alpha value is -10.4. The number of carbonyl (C=O) groups is 5. The van der Waals surface area contributed by atoms with E-state index in [1.54, 1.807) is 0 Å². The lowest BCUT2D eigenvalue weighted by Gasteiger charge is -2.56. The summed E-state index contributed by atoms with van der Waals surface area (Å²) >= 11 is 0. The fourth-order valence-corrected chi connectivity index (χ4v) is 16.1. The zero-order chi connectivity index (χ0) is 81.3. The monoisotopic (exact) mass is 1610 g/mol. The number of rotatable bonds is 34. The van der Waals surface area contributed by atoms with Gasteiger partial charge in [-0.2, -0.15) is 0 Å². The molecule has 0 saturated carbocycles. The van der Waals surface area contributed by atoms with Crippen LogP contribution in [0.3, 0.4) is 0 Å². The second kappa shape index (κ2) is 39.4. The van der Waals surface area contributed by atoms with Gasteiger partial charge < -0.3 is 96.8 Å². The van der Waals surface area contributed by atoms with Crippen molar-refractivity contribution >= 4 is 29.8 Å². The van der Waals surface area contributed by atoms with Crippen molar-refractivity contribution in [3.63, 3.8) is 0 Å². The fraction of sp³-hybridized carbons (Fsp3) is 0.366. The Morgan fingerprint density at radius 2 is 1.03 bits per heavy atom. The van der Waals surface area contributed by atoms with Gasteiger partial charge >= 0.3 is 18.0 Å². The fourth-order valence-electron chi connectivity index (χ4n) is 16.1. The number of hydrogen-bond donors (Lipinski definition) is 4. The van der Waals surface area contributed by atoms with Gasteiger partial charge in [0.15, 0.2) is 31.0 Å². The third kappa shape index (κ3) is 20.3. The van der Waals surface area contributed by atoms with Crippen molar-refractivity contribution in [1.82, 2.24) is 16.0 Å². The topological polar surface area (TPSA) is 289 Å². The zero-order valence-electron chi connectivity index (χ0n) is 65.6. The van der Waals surface area contributed by atoms with E-state index in [2.05, 4.69) is 16.0 Å². The average molecular weight is 1610 g/mol. The molecular formula is C93H97N3O22. The number of fused-ring (bicyclic) bond motifs is 5. The lowest BCUT2D eigenvalue weighted by atomic mass is 9.86. The highest BCUT2D eigenvalue weighted by Crippen LogP contribution is 2.48. The van der Waals surface area contributed by atoms with E-state index in [9.17, 15) is 24.3 Å². The first-order valence-electron chi connectivity index (χ1n) is 39.9. The van der Waals surface area contributed by atoms with E-state index in [0.29, 0.717) is 11.1 Å². The Morgan fingerprint density at radius 1 is 0.517 bits per heavy atom. The minimum atomic E-state index is -2.48. The van der Waals surface area contributed by atoms with E-state index in [-0.39, 0.29) is 72.0 Å².